The second kappa shape index (κ2) is 18.2. The number of carbonyl (C=O) groups excluding carboxylic acids is 1. The van der Waals surface area contributed by atoms with E-state index in [2.05, 4.69) is 4.90 Å². The fourth-order valence-corrected chi connectivity index (χ4v) is 12.9. The van der Waals surface area contributed by atoms with Gasteiger partial charge in [0.1, 0.15) is 16.4 Å². The average Bonchev–Trinajstić information content (AvgIpc) is 3.22. The highest BCUT2D eigenvalue weighted by Crippen LogP contribution is 2.48. The molecule has 7 rings (SSSR count). The Morgan fingerprint density at radius 2 is 1.32 bits per heavy atom. The van der Waals surface area contributed by atoms with Crippen LogP contribution in [0.3, 0.4) is 0 Å². The van der Waals surface area contributed by atoms with Crippen molar-refractivity contribution in [1.29, 1.82) is 0 Å². The van der Waals surface area contributed by atoms with Crippen LogP contribution in [0.2, 0.25) is 0 Å². The summed E-state index contributed by atoms with van der Waals surface area (Å²) in [7, 11) is -17.8. The SMILES string of the molecule is CCN1c2cc3c(cc2C(CS(=O)(=O)O)=CC1(C)C)C(c1ccccc1C(=O)N(C)CCCC(=O)O)=c1cc2c(cc1C3(C)C)=[N+](Cc1ccc(S(=O)(=O)O)cc1S(=O)(=O)O)C(C)(C)C=C2CS(=O)(=O)O. The van der Waals surface area contributed by atoms with Crippen molar-refractivity contribution in [1.82, 2.24) is 9.48 Å². The van der Waals surface area contributed by atoms with Crippen molar-refractivity contribution in [2.24, 2.45) is 0 Å². The zero-order valence-electron chi connectivity index (χ0n) is 40.2. The van der Waals surface area contributed by atoms with Gasteiger partial charge in [-0.3, -0.25) is 27.8 Å². The maximum Gasteiger partial charge on any atom is 0.303 e. The predicted octanol–water partition coefficient (Wildman–Crippen LogP) is 4.65. The number of carboxylic acid groups (broad SMARTS) is 1. The van der Waals surface area contributed by atoms with Gasteiger partial charge in [0.25, 0.3) is 46.4 Å². The van der Waals surface area contributed by atoms with E-state index in [4.69, 9.17) is 0 Å². The molecule has 5 N–H and O–H groups in total. The molecule has 3 aliphatic rings. The Morgan fingerprint density at radius 3 is 1.90 bits per heavy atom. The van der Waals surface area contributed by atoms with Crippen LogP contribution in [0.4, 0.5) is 5.69 Å². The third-order valence-electron chi connectivity index (χ3n) is 13.5. The second-order valence-corrected chi connectivity index (χ2v) is 25.5. The quantitative estimate of drug-likeness (QED) is 0.0800. The van der Waals surface area contributed by atoms with Gasteiger partial charge in [0.2, 0.25) is 5.36 Å². The molecule has 4 aromatic carbocycles. The third kappa shape index (κ3) is 10.5. The molecule has 0 atom stereocenters. The van der Waals surface area contributed by atoms with Crippen LogP contribution in [0, 0.1) is 0 Å². The summed E-state index contributed by atoms with van der Waals surface area (Å²) in [5.74, 6) is -3.08. The lowest BCUT2D eigenvalue weighted by molar-refractivity contribution is -0.137. The maximum atomic E-state index is 14.6. The Bertz CT molecular complexity index is 3630. The number of benzene rings is 4. The molecule has 18 nitrogen and oxygen atoms in total. The number of anilines is 1. The highest BCUT2D eigenvalue weighted by Gasteiger charge is 2.43. The van der Waals surface area contributed by atoms with Crippen LogP contribution < -0.4 is 20.1 Å². The van der Waals surface area contributed by atoms with E-state index in [1.165, 1.54) is 4.90 Å². The lowest BCUT2D eigenvalue weighted by atomic mass is 9.67. The van der Waals surface area contributed by atoms with E-state index in [9.17, 15) is 66.6 Å². The van der Waals surface area contributed by atoms with Crippen LogP contribution in [0.25, 0.3) is 16.7 Å². The highest BCUT2D eigenvalue weighted by molar-refractivity contribution is 7.87. The zero-order valence-corrected chi connectivity index (χ0v) is 43.5. The first-order chi connectivity index (χ1) is 32.6. The van der Waals surface area contributed by atoms with Gasteiger partial charge in [-0.2, -0.15) is 33.7 Å². The summed E-state index contributed by atoms with van der Waals surface area (Å²) in [4.78, 5) is 27.9. The first-order valence-corrected chi connectivity index (χ1v) is 28.4. The van der Waals surface area contributed by atoms with Crippen LogP contribution in [0.1, 0.15) is 111 Å². The van der Waals surface area contributed by atoms with Crippen molar-refractivity contribution < 1.29 is 66.6 Å². The highest BCUT2D eigenvalue weighted by atomic mass is 32.2. The van der Waals surface area contributed by atoms with E-state index in [1.807, 2.05) is 46.8 Å². The number of fused-ring (bicyclic) bond motifs is 4. The molecule has 2 aliphatic heterocycles. The minimum atomic E-state index is -5.13. The number of carbonyl (C=O) groups is 2. The molecule has 0 saturated heterocycles. The van der Waals surface area contributed by atoms with Crippen molar-refractivity contribution >= 4 is 74.8 Å². The number of likely N-dealkylation sites (N-methyl/N-ethyl adjacent to an activating group) is 1. The lowest BCUT2D eigenvalue weighted by Gasteiger charge is -2.45. The smallest absolute Gasteiger partial charge is 0.303 e. The largest absolute Gasteiger partial charge is 0.481 e. The van der Waals surface area contributed by atoms with Gasteiger partial charge in [-0.15, -0.1) is 0 Å². The Labute approximate surface area is 413 Å². The minimum absolute atomic E-state index is 0.0929. The number of hydrogen-bond acceptors (Lipinski definition) is 11. The summed E-state index contributed by atoms with van der Waals surface area (Å²) in [5.41, 5.74) is 1.75. The Morgan fingerprint density at radius 1 is 0.704 bits per heavy atom. The lowest BCUT2D eigenvalue weighted by Crippen LogP contribution is -2.51. The van der Waals surface area contributed by atoms with E-state index < -0.39 is 90.1 Å². The molecule has 0 unspecified atom stereocenters. The number of nitrogens with zero attached hydrogens (tertiary/aromatic N) is 3. The van der Waals surface area contributed by atoms with E-state index in [0.29, 0.717) is 67.8 Å². The van der Waals surface area contributed by atoms with Crippen molar-refractivity contribution in [2.75, 3.05) is 36.5 Å². The van der Waals surface area contributed by atoms with Crippen molar-refractivity contribution in [3.63, 3.8) is 0 Å². The summed E-state index contributed by atoms with van der Waals surface area (Å²) in [6.45, 7) is 13.3. The van der Waals surface area contributed by atoms with Gasteiger partial charge >= 0.3 is 5.97 Å². The summed E-state index contributed by atoms with van der Waals surface area (Å²) in [6, 6.07) is 16.8. The van der Waals surface area contributed by atoms with Crippen LogP contribution in [-0.4, -0.2) is 116 Å². The summed E-state index contributed by atoms with van der Waals surface area (Å²) in [5, 5.41) is 10.2. The molecule has 1 amide bonds. The summed E-state index contributed by atoms with van der Waals surface area (Å²) in [6.07, 6.45) is 3.33. The van der Waals surface area contributed by atoms with Crippen molar-refractivity contribution in [3.8, 4) is 0 Å². The summed E-state index contributed by atoms with van der Waals surface area (Å²) < 4.78 is 144. The van der Waals surface area contributed by atoms with E-state index >= 15 is 0 Å². The number of hydrogen-bond donors (Lipinski definition) is 5. The second-order valence-electron chi connectivity index (χ2n) is 19.7. The fraction of sp³-hybridized carbons (Fsp3) is 0.367. The van der Waals surface area contributed by atoms with E-state index in [1.54, 1.807) is 74.0 Å². The molecular formula is C49H56N3O15S4+. The molecule has 1 aliphatic carbocycles. The molecule has 0 fully saturated rings. The maximum absolute atomic E-state index is 14.6. The molecule has 22 heteroatoms. The van der Waals surface area contributed by atoms with Gasteiger partial charge in [-0.05, 0) is 120 Å². The molecule has 2 heterocycles. The third-order valence-corrected chi connectivity index (χ3v) is 16.6. The molecule has 0 bridgehead atoms. The molecule has 380 valence electrons. The predicted molar refractivity (Wildman–Crippen MR) is 267 cm³/mol. The van der Waals surface area contributed by atoms with Gasteiger partial charge in [-0.1, -0.05) is 38.1 Å². The first-order valence-electron chi connectivity index (χ1n) is 22.3. The Hall–Kier alpha value is -5.59. The van der Waals surface area contributed by atoms with Gasteiger partial charge in [0.05, 0.1) is 16.0 Å². The Balaban J connectivity index is 1.67. The van der Waals surface area contributed by atoms with Gasteiger partial charge in [0.15, 0.2) is 12.1 Å². The molecular weight excluding hydrogens is 999 g/mol. The molecule has 0 saturated carbocycles. The molecule has 0 aromatic heterocycles. The van der Waals surface area contributed by atoms with Crippen LogP contribution in [-0.2, 0) is 57.2 Å². The van der Waals surface area contributed by atoms with Crippen LogP contribution in [0.15, 0.2) is 88.7 Å². The number of rotatable bonds is 15. The van der Waals surface area contributed by atoms with Crippen molar-refractivity contribution in [3.05, 3.63) is 134 Å². The zero-order chi connectivity index (χ0) is 52.8. The van der Waals surface area contributed by atoms with E-state index in [0.717, 1.165) is 12.1 Å². The van der Waals surface area contributed by atoms with Gasteiger partial charge < -0.3 is 14.9 Å². The van der Waals surface area contributed by atoms with Gasteiger partial charge in [-0.25, -0.2) is 4.58 Å². The average molecular weight is 1060 g/mol. The topological polar surface area (TPSA) is 281 Å². The molecule has 0 radical (unpaired) electrons. The number of carboxylic acids is 1. The normalized spacial score (nSPS) is 17.0. The number of amides is 1. The Kier molecular flexibility index (Phi) is 13.6. The fourth-order valence-electron chi connectivity index (χ4n) is 10.3. The van der Waals surface area contributed by atoms with E-state index in [-0.39, 0.29) is 48.2 Å². The van der Waals surface area contributed by atoms with Crippen LogP contribution >= 0.6 is 0 Å². The van der Waals surface area contributed by atoms with Crippen LogP contribution in [0.5, 0.6) is 0 Å². The molecule has 71 heavy (non-hydrogen) atoms. The first kappa shape index (κ1) is 53.2. The van der Waals surface area contributed by atoms with Gasteiger partial charge in [0, 0.05) is 74.3 Å². The summed E-state index contributed by atoms with van der Waals surface area (Å²) >= 11 is 0. The number of aliphatic carboxylic acids is 1. The molecule has 4 aromatic rings. The monoisotopic (exact) mass is 1050 g/mol. The standard InChI is InChI=1S/C49H55N3O15S4/c1-9-51-41-22-39-37(20-35(41)30(24-47(51,2)3)27-68(56,57)58)45(33-13-10-11-14-34(33)46(55)50(8)18-12-15-44(53)54)38-21-36-31(28-69(59,60)61)25-48(4,5)52(42(36)23-40(38)49(39,6)7)26-29-16-17-32(70(62,63)64)19-43(29)71(65,66)67/h10-11,13-14,16-17,19-25H,9,12,15,18,26-28H2,1-8H3,(H4-,53,54,56,57,58,59,60,61,62,63,64,65,66,67)/p+1. The molecule has 0 spiro atoms. The van der Waals surface area contributed by atoms with Crippen molar-refractivity contribution in [2.45, 2.75) is 94.1 Å². The minimum Gasteiger partial charge on any atom is -0.481 e.